The molecule has 0 aromatic heterocycles. The third-order valence-corrected chi connectivity index (χ3v) is 10.9. The van der Waals surface area contributed by atoms with E-state index < -0.39 is 38.6 Å². The van der Waals surface area contributed by atoms with Gasteiger partial charge in [-0.15, -0.1) is 13.2 Å². The molecule has 1 saturated carbocycles. The number of anilines is 1. The van der Waals surface area contributed by atoms with Gasteiger partial charge >= 0.3 is 6.36 Å². The zero-order valence-electron chi connectivity index (χ0n) is 23.9. The van der Waals surface area contributed by atoms with Crippen LogP contribution in [0.25, 0.3) is 0 Å². The van der Waals surface area contributed by atoms with Crippen molar-refractivity contribution in [1.29, 1.82) is 0 Å². The summed E-state index contributed by atoms with van der Waals surface area (Å²) < 4.78 is 67.3. The standard InChI is InChI=1S/C27H41F3N4O5S/c1-16(2)33(6)18-7-10-23(17(13-18)15-40(37,38)26(3,4)5)34-12-11-22(25(34)36)32-24(35)20-14-19(8-9-21(20)31)39-27(28,29)30/h8-9,14,16-18,22-23H,7,10-13,15,31H2,1-6H3,(H,32,35)/t17-,18+,22?,23-/m0/s1. The number of rotatable bonds is 8. The van der Waals surface area contributed by atoms with Gasteiger partial charge in [-0.05, 0) is 91.5 Å². The smallest absolute Gasteiger partial charge is 0.406 e. The van der Waals surface area contributed by atoms with Crippen molar-refractivity contribution in [2.45, 2.75) is 95.6 Å². The Kier molecular flexibility index (Phi) is 9.40. The number of nitrogen functional groups attached to an aromatic ring is 1. The Morgan fingerprint density at radius 1 is 1.20 bits per heavy atom. The van der Waals surface area contributed by atoms with Crippen LogP contribution >= 0.6 is 0 Å². The molecular weight excluding hydrogens is 549 g/mol. The first-order chi connectivity index (χ1) is 18.3. The van der Waals surface area contributed by atoms with Crippen LogP contribution in [-0.4, -0.2) is 84.7 Å². The number of carbonyl (C=O) groups excluding carboxylic acids is 2. The number of likely N-dealkylation sites (tertiary alicyclic amines) is 1. The van der Waals surface area contributed by atoms with Gasteiger partial charge in [-0.3, -0.25) is 9.59 Å². The highest BCUT2D eigenvalue weighted by molar-refractivity contribution is 7.92. The molecule has 2 fully saturated rings. The normalized spacial score (nSPS) is 24.6. The molecule has 0 spiro atoms. The van der Waals surface area contributed by atoms with Crippen molar-refractivity contribution >= 4 is 27.3 Å². The molecular formula is C27H41F3N4O5S. The summed E-state index contributed by atoms with van der Waals surface area (Å²) in [5.41, 5.74) is 5.53. The van der Waals surface area contributed by atoms with Crippen LogP contribution in [0, 0.1) is 5.92 Å². The second-order valence-corrected chi connectivity index (χ2v) is 14.9. The minimum Gasteiger partial charge on any atom is -0.406 e. The van der Waals surface area contributed by atoms with Gasteiger partial charge in [0.25, 0.3) is 5.91 Å². The third-order valence-electron chi connectivity index (χ3n) is 8.12. The number of carbonyl (C=O) groups is 2. The third kappa shape index (κ3) is 7.39. The van der Waals surface area contributed by atoms with E-state index in [9.17, 15) is 31.2 Å². The molecule has 226 valence electrons. The van der Waals surface area contributed by atoms with Gasteiger partial charge in [0.1, 0.15) is 11.8 Å². The molecule has 2 amide bonds. The highest BCUT2D eigenvalue weighted by atomic mass is 32.2. The fraction of sp³-hybridized carbons (Fsp3) is 0.704. The predicted octanol–water partition coefficient (Wildman–Crippen LogP) is 3.59. The fourth-order valence-corrected chi connectivity index (χ4v) is 6.89. The number of hydrogen-bond donors (Lipinski definition) is 2. The molecule has 0 radical (unpaired) electrons. The van der Waals surface area contributed by atoms with E-state index >= 15 is 0 Å². The van der Waals surface area contributed by atoms with E-state index in [0.717, 1.165) is 24.6 Å². The van der Waals surface area contributed by atoms with Gasteiger partial charge in [0.15, 0.2) is 9.84 Å². The molecule has 1 aromatic rings. The van der Waals surface area contributed by atoms with Crippen LogP contribution in [0.3, 0.4) is 0 Å². The molecule has 1 aromatic carbocycles. The van der Waals surface area contributed by atoms with Crippen LogP contribution in [0.4, 0.5) is 18.9 Å². The fourth-order valence-electron chi connectivity index (χ4n) is 5.47. The van der Waals surface area contributed by atoms with Gasteiger partial charge in [-0.25, -0.2) is 8.42 Å². The van der Waals surface area contributed by atoms with Crippen molar-refractivity contribution in [2.24, 2.45) is 5.92 Å². The zero-order chi connectivity index (χ0) is 30.2. The van der Waals surface area contributed by atoms with Gasteiger partial charge < -0.3 is 25.6 Å². The van der Waals surface area contributed by atoms with E-state index in [2.05, 4.69) is 28.8 Å². The van der Waals surface area contributed by atoms with Crippen molar-refractivity contribution in [3.63, 3.8) is 0 Å². The summed E-state index contributed by atoms with van der Waals surface area (Å²) >= 11 is 0. The average molecular weight is 591 g/mol. The first-order valence-electron chi connectivity index (χ1n) is 13.5. The molecule has 1 aliphatic carbocycles. The molecule has 0 bridgehead atoms. The molecule has 1 saturated heterocycles. The summed E-state index contributed by atoms with van der Waals surface area (Å²) in [4.78, 5) is 30.3. The van der Waals surface area contributed by atoms with Crippen LogP contribution in [0.15, 0.2) is 18.2 Å². The molecule has 1 unspecified atom stereocenters. The molecule has 3 N–H and O–H groups in total. The molecule has 13 heteroatoms. The van der Waals surface area contributed by atoms with Gasteiger partial charge in [-0.1, -0.05) is 0 Å². The maximum atomic E-state index is 13.5. The van der Waals surface area contributed by atoms with E-state index in [0.29, 0.717) is 19.4 Å². The van der Waals surface area contributed by atoms with E-state index in [1.54, 1.807) is 25.7 Å². The number of alkyl halides is 3. The molecule has 40 heavy (non-hydrogen) atoms. The molecule has 4 atom stereocenters. The summed E-state index contributed by atoms with van der Waals surface area (Å²) in [6.45, 7) is 9.52. The van der Waals surface area contributed by atoms with Gasteiger partial charge in [0.05, 0.1) is 16.1 Å². The van der Waals surface area contributed by atoms with Gasteiger partial charge in [0.2, 0.25) is 5.91 Å². The molecule has 3 rings (SSSR count). The number of benzene rings is 1. The molecule has 9 nitrogen and oxygen atoms in total. The number of amides is 2. The topological polar surface area (TPSA) is 122 Å². The summed E-state index contributed by atoms with van der Waals surface area (Å²) in [6.07, 6.45) is -2.60. The highest BCUT2D eigenvalue weighted by Crippen LogP contribution is 2.36. The van der Waals surface area contributed by atoms with Crippen molar-refractivity contribution in [1.82, 2.24) is 15.1 Å². The minimum absolute atomic E-state index is 0.0487. The first-order valence-corrected chi connectivity index (χ1v) is 15.2. The lowest BCUT2D eigenvalue weighted by Crippen LogP contribution is -2.53. The molecule has 1 aliphatic heterocycles. The molecule has 2 aliphatic rings. The van der Waals surface area contributed by atoms with E-state index in [-0.39, 0.29) is 53.4 Å². The van der Waals surface area contributed by atoms with Crippen LogP contribution in [0.1, 0.15) is 70.7 Å². The van der Waals surface area contributed by atoms with E-state index in [1.807, 2.05) is 7.05 Å². The maximum absolute atomic E-state index is 13.5. The summed E-state index contributed by atoms with van der Waals surface area (Å²) in [6, 6.07) is 2.26. The zero-order valence-corrected chi connectivity index (χ0v) is 24.7. The SMILES string of the molecule is CC(C)N(C)[C@@H]1CC[C@H](N2CCC(NC(=O)c3cc(OC(F)(F)F)ccc3N)C2=O)[C@H](CS(=O)(=O)C(C)(C)C)C1. The lowest BCUT2D eigenvalue weighted by molar-refractivity contribution is -0.274. The van der Waals surface area contributed by atoms with Crippen molar-refractivity contribution in [2.75, 3.05) is 25.1 Å². The lowest BCUT2D eigenvalue weighted by atomic mass is 9.81. The summed E-state index contributed by atoms with van der Waals surface area (Å²) in [7, 11) is -1.44. The monoisotopic (exact) mass is 590 g/mol. The number of nitrogens with two attached hydrogens (primary N) is 1. The predicted molar refractivity (Wildman–Crippen MR) is 146 cm³/mol. The van der Waals surface area contributed by atoms with Crippen molar-refractivity contribution in [3.8, 4) is 5.75 Å². The Morgan fingerprint density at radius 2 is 1.85 bits per heavy atom. The number of hydrogen-bond acceptors (Lipinski definition) is 7. The number of ether oxygens (including phenoxy) is 1. The quantitative estimate of drug-likeness (QED) is 0.444. The average Bonchev–Trinajstić information content (AvgIpc) is 3.17. The van der Waals surface area contributed by atoms with E-state index in [1.165, 1.54) is 0 Å². The second-order valence-electron chi connectivity index (χ2n) is 12.1. The summed E-state index contributed by atoms with van der Waals surface area (Å²) in [5, 5.41) is 2.60. The maximum Gasteiger partial charge on any atom is 0.573 e. The number of halogens is 3. The Labute approximate surface area is 234 Å². The van der Waals surface area contributed by atoms with E-state index in [4.69, 9.17) is 5.73 Å². The second kappa shape index (κ2) is 11.8. The molecule has 1 heterocycles. The number of nitrogens with one attached hydrogen (secondary N) is 1. The van der Waals surface area contributed by atoms with Gasteiger partial charge in [0, 0.05) is 30.4 Å². The van der Waals surface area contributed by atoms with Crippen LogP contribution < -0.4 is 15.8 Å². The number of sulfone groups is 1. The van der Waals surface area contributed by atoms with Gasteiger partial charge in [-0.2, -0.15) is 0 Å². The Morgan fingerprint density at radius 3 is 2.42 bits per heavy atom. The van der Waals surface area contributed by atoms with Crippen LogP contribution in [0.5, 0.6) is 5.75 Å². The Bertz CT molecular complexity index is 1200. The van der Waals surface area contributed by atoms with Crippen LogP contribution in [-0.2, 0) is 14.6 Å². The Balaban J connectivity index is 1.78. The first kappa shape index (κ1) is 32.0. The Hall–Kier alpha value is -2.54. The lowest BCUT2D eigenvalue weighted by Gasteiger charge is -2.45. The number of nitrogens with zero attached hydrogens (tertiary/aromatic N) is 2. The largest absolute Gasteiger partial charge is 0.573 e. The minimum atomic E-state index is -4.94. The highest BCUT2D eigenvalue weighted by Gasteiger charge is 2.45. The summed E-state index contributed by atoms with van der Waals surface area (Å²) in [5.74, 6) is -2.06. The van der Waals surface area contributed by atoms with Crippen LogP contribution in [0.2, 0.25) is 0 Å². The van der Waals surface area contributed by atoms with Crippen molar-refractivity contribution in [3.05, 3.63) is 23.8 Å². The van der Waals surface area contributed by atoms with Crippen molar-refractivity contribution < 1.29 is 35.9 Å².